The van der Waals surface area contributed by atoms with Crippen LogP contribution in [0.25, 0.3) is 0 Å². The molecule has 0 N–H and O–H groups in total. The molecule has 0 spiro atoms. The molecule has 0 heterocycles. The van der Waals surface area contributed by atoms with Crippen LogP contribution in [0.3, 0.4) is 0 Å². The Morgan fingerprint density at radius 3 is 2.38 bits per heavy atom. The third kappa shape index (κ3) is 6.02. The van der Waals surface area contributed by atoms with E-state index in [1.165, 1.54) is 6.08 Å². The maximum Gasteiger partial charge on any atom is 0.394 e. The molecular formula is C16H19F3O2. The number of allylic oxidation sites excluding steroid dienone is 1. The summed E-state index contributed by atoms with van der Waals surface area (Å²) in [4.78, 5) is 11.9. The molecule has 0 fully saturated rings. The van der Waals surface area contributed by atoms with Gasteiger partial charge >= 0.3 is 12.1 Å². The van der Waals surface area contributed by atoms with Crippen molar-refractivity contribution >= 4 is 5.97 Å². The SMILES string of the molecule is CCOC(=O)[C@H](/C=C/[C@@H](C)C(F)(F)F)Cc1ccccc1. The fourth-order valence-corrected chi connectivity index (χ4v) is 1.76. The molecule has 0 bridgehead atoms. The second kappa shape index (κ2) is 7.86. The van der Waals surface area contributed by atoms with Gasteiger partial charge in [0.05, 0.1) is 18.4 Å². The fraction of sp³-hybridized carbons (Fsp3) is 0.438. The molecule has 5 heteroatoms. The van der Waals surface area contributed by atoms with Crippen LogP contribution in [0.5, 0.6) is 0 Å². The summed E-state index contributed by atoms with van der Waals surface area (Å²) >= 11 is 0. The average molecular weight is 300 g/mol. The van der Waals surface area contributed by atoms with E-state index >= 15 is 0 Å². The van der Waals surface area contributed by atoms with Crippen molar-refractivity contribution in [3.05, 3.63) is 48.0 Å². The van der Waals surface area contributed by atoms with E-state index in [1.54, 1.807) is 6.92 Å². The molecule has 0 radical (unpaired) electrons. The van der Waals surface area contributed by atoms with Crippen LogP contribution in [0.4, 0.5) is 13.2 Å². The Morgan fingerprint density at radius 2 is 1.86 bits per heavy atom. The van der Waals surface area contributed by atoms with E-state index in [0.717, 1.165) is 18.6 Å². The summed E-state index contributed by atoms with van der Waals surface area (Å²) in [7, 11) is 0. The molecule has 116 valence electrons. The van der Waals surface area contributed by atoms with Gasteiger partial charge in [-0.1, -0.05) is 49.4 Å². The monoisotopic (exact) mass is 300 g/mol. The molecule has 0 aliphatic heterocycles. The minimum absolute atomic E-state index is 0.201. The van der Waals surface area contributed by atoms with Crippen LogP contribution in [-0.4, -0.2) is 18.8 Å². The number of ether oxygens (including phenoxy) is 1. The maximum absolute atomic E-state index is 12.5. The summed E-state index contributed by atoms with van der Waals surface area (Å²) in [6.45, 7) is 2.92. The highest BCUT2D eigenvalue weighted by atomic mass is 19.4. The normalized spacial score (nSPS) is 14.9. The molecule has 21 heavy (non-hydrogen) atoms. The lowest BCUT2D eigenvalue weighted by atomic mass is 9.97. The smallest absolute Gasteiger partial charge is 0.394 e. The van der Waals surface area contributed by atoms with E-state index in [-0.39, 0.29) is 6.61 Å². The van der Waals surface area contributed by atoms with E-state index in [0.29, 0.717) is 6.42 Å². The van der Waals surface area contributed by atoms with Crippen LogP contribution in [0, 0.1) is 11.8 Å². The molecule has 1 rings (SSSR count). The first-order valence-electron chi connectivity index (χ1n) is 6.80. The predicted octanol–water partition coefficient (Wildman–Crippen LogP) is 4.16. The summed E-state index contributed by atoms with van der Waals surface area (Å²) < 4.78 is 42.4. The van der Waals surface area contributed by atoms with Gasteiger partial charge in [0.15, 0.2) is 0 Å². The van der Waals surface area contributed by atoms with Crippen LogP contribution >= 0.6 is 0 Å². The summed E-state index contributed by atoms with van der Waals surface area (Å²) in [5.74, 6) is -2.81. The number of carbonyl (C=O) groups excluding carboxylic acids is 1. The van der Waals surface area contributed by atoms with Gasteiger partial charge in [-0.05, 0) is 18.9 Å². The van der Waals surface area contributed by atoms with Crippen molar-refractivity contribution in [2.24, 2.45) is 11.8 Å². The highest BCUT2D eigenvalue weighted by Gasteiger charge is 2.34. The number of halogens is 3. The summed E-state index contributed by atoms with van der Waals surface area (Å²) in [5, 5.41) is 0. The second-order valence-electron chi connectivity index (χ2n) is 4.76. The Labute approximate surface area is 122 Å². The molecule has 0 aliphatic carbocycles. The highest BCUT2D eigenvalue weighted by molar-refractivity contribution is 5.74. The molecule has 0 aromatic heterocycles. The van der Waals surface area contributed by atoms with Gasteiger partial charge in [-0.15, -0.1) is 0 Å². The van der Waals surface area contributed by atoms with Gasteiger partial charge in [-0.3, -0.25) is 4.79 Å². The van der Waals surface area contributed by atoms with Crippen LogP contribution in [-0.2, 0) is 16.0 Å². The number of rotatable bonds is 6. The minimum Gasteiger partial charge on any atom is -0.466 e. The van der Waals surface area contributed by atoms with E-state index in [9.17, 15) is 18.0 Å². The highest BCUT2D eigenvalue weighted by Crippen LogP contribution is 2.27. The van der Waals surface area contributed by atoms with Crippen LogP contribution in [0.2, 0.25) is 0 Å². The third-order valence-corrected chi connectivity index (χ3v) is 3.04. The quantitative estimate of drug-likeness (QED) is 0.582. The van der Waals surface area contributed by atoms with Crippen LogP contribution in [0.15, 0.2) is 42.5 Å². The van der Waals surface area contributed by atoms with Gasteiger partial charge < -0.3 is 4.74 Å². The van der Waals surface area contributed by atoms with Gasteiger partial charge in [0, 0.05) is 0 Å². The first-order chi connectivity index (χ1) is 9.84. The van der Waals surface area contributed by atoms with Crippen molar-refractivity contribution in [1.82, 2.24) is 0 Å². The first-order valence-corrected chi connectivity index (χ1v) is 6.80. The number of alkyl halides is 3. The van der Waals surface area contributed by atoms with Gasteiger partial charge in [-0.2, -0.15) is 13.2 Å². The minimum atomic E-state index is -4.30. The zero-order chi connectivity index (χ0) is 15.9. The van der Waals surface area contributed by atoms with E-state index in [1.807, 2.05) is 30.3 Å². The molecule has 1 aromatic rings. The Bertz CT molecular complexity index is 466. The number of esters is 1. The van der Waals surface area contributed by atoms with Crippen molar-refractivity contribution < 1.29 is 22.7 Å². The molecule has 0 saturated carbocycles. The Hall–Kier alpha value is -1.78. The van der Waals surface area contributed by atoms with Gasteiger partial charge in [0.2, 0.25) is 0 Å². The standard InChI is InChI=1S/C16H19F3O2/c1-3-21-15(20)14(10-9-12(2)16(17,18)19)11-13-7-5-4-6-8-13/h4-10,12,14H,3,11H2,1-2H3/b10-9+/t12-,14-/m1/s1. The Balaban J connectivity index is 2.83. The van der Waals surface area contributed by atoms with Crippen molar-refractivity contribution in [3.8, 4) is 0 Å². The predicted molar refractivity (Wildman–Crippen MR) is 74.6 cm³/mol. The molecule has 0 unspecified atom stereocenters. The average Bonchev–Trinajstić information content (AvgIpc) is 2.43. The zero-order valence-corrected chi connectivity index (χ0v) is 12.1. The third-order valence-electron chi connectivity index (χ3n) is 3.04. The van der Waals surface area contributed by atoms with Gasteiger partial charge in [-0.25, -0.2) is 0 Å². The molecule has 1 aromatic carbocycles. The topological polar surface area (TPSA) is 26.3 Å². The Kier molecular flexibility index (Phi) is 6.46. The van der Waals surface area contributed by atoms with Gasteiger partial charge in [0.25, 0.3) is 0 Å². The lowest BCUT2D eigenvalue weighted by Crippen LogP contribution is -2.21. The first kappa shape index (κ1) is 17.3. The maximum atomic E-state index is 12.5. The molecule has 0 amide bonds. The van der Waals surface area contributed by atoms with Crippen molar-refractivity contribution in [1.29, 1.82) is 0 Å². The summed E-state index contributed by atoms with van der Waals surface area (Å²) in [5.41, 5.74) is 0.875. The molecular weight excluding hydrogens is 281 g/mol. The summed E-state index contributed by atoms with van der Waals surface area (Å²) in [6, 6.07) is 9.13. The second-order valence-corrected chi connectivity index (χ2v) is 4.76. The zero-order valence-electron chi connectivity index (χ0n) is 12.1. The lowest BCUT2D eigenvalue weighted by Gasteiger charge is -2.14. The van der Waals surface area contributed by atoms with Crippen LogP contribution in [0.1, 0.15) is 19.4 Å². The van der Waals surface area contributed by atoms with Crippen molar-refractivity contribution in [2.75, 3.05) is 6.61 Å². The van der Waals surface area contributed by atoms with E-state index < -0.39 is 24.0 Å². The lowest BCUT2D eigenvalue weighted by molar-refractivity contribution is -0.156. The fourth-order valence-electron chi connectivity index (χ4n) is 1.76. The van der Waals surface area contributed by atoms with Gasteiger partial charge in [0.1, 0.15) is 0 Å². The van der Waals surface area contributed by atoms with Crippen molar-refractivity contribution in [3.63, 3.8) is 0 Å². The van der Waals surface area contributed by atoms with Crippen LogP contribution < -0.4 is 0 Å². The van der Waals surface area contributed by atoms with Crippen molar-refractivity contribution in [2.45, 2.75) is 26.4 Å². The Morgan fingerprint density at radius 1 is 1.24 bits per heavy atom. The molecule has 2 nitrogen and oxygen atoms in total. The number of hydrogen-bond acceptors (Lipinski definition) is 2. The number of benzene rings is 1. The van der Waals surface area contributed by atoms with E-state index in [2.05, 4.69) is 0 Å². The number of hydrogen-bond donors (Lipinski definition) is 0. The molecule has 2 atom stereocenters. The molecule has 0 saturated heterocycles. The molecule has 0 aliphatic rings. The largest absolute Gasteiger partial charge is 0.466 e. The van der Waals surface area contributed by atoms with E-state index in [4.69, 9.17) is 4.74 Å². The number of carbonyl (C=O) groups is 1. The summed E-state index contributed by atoms with van der Waals surface area (Å²) in [6.07, 6.45) is -1.67.